The predicted octanol–water partition coefficient (Wildman–Crippen LogP) is 4.47. The molecule has 5 nitrogen and oxygen atoms in total. The topological polar surface area (TPSA) is 60.1 Å². The second-order valence-electron chi connectivity index (χ2n) is 5.70. The van der Waals surface area contributed by atoms with E-state index in [9.17, 15) is 4.79 Å². The molecular formula is C19H17Cl2N3O2. The highest BCUT2D eigenvalue weighted by atomic mass is 35.5. The van der Waals surface area contributed by atoms with E-state index < -0.39 is 0 Å². The van der Waals surface area contributed by atoms with Gasteiger partial charge in [0.1, 0.15) is 10.9 Å². The van der Waals surface area contributed by atoms with Gasteiger partial charge in [0.2, 0.25) is 5.91 Å². The van der Waals surface area contributed by atoms with E-state index in [0.29, 0.717) is 34.6 Å². The summed E-state index contributed by atoms with van der Waals surface area (Å²) in [5.41, 5.74) is 2.50. The van der Waals surface area contributed by atoms with Gasteiger partial charge < -0.3 is 9.73 Å². The van der Waals surface area contributed by atoms with Crippen molar-refractivity contribution < 1.29 is 9.21 Å². The van der Waals surface area contributed by atoms with Crippen LogP contribution < -0.4 is 5.32 Å². The Kier molecular flexibility index (Phi) is 5.81. The van der Waals surface area contributed by atoms with Crippen LogP contribution in [0.5, 0.6) is 0 Å². The Labute approximate surface area is 161 Å². The summed E-state index contributed by atoms with van der Waals surface area (Å²) in [5.74, 6) is 0.457. The Bertz CT molecular complexity index is 913. The number of benzene rings is 1. The van der Waals surface area contributed by atoms with Crippen molar-refractivity contribution in [1.29, 1.82) is 0 Å². The third kappa shape index (κ3) is 4.56. The highest BCUT2D eigenvalue weighted by Gasteiger charge is 2.12. The van der Waals surface area contributed by atoms with Crippen LogP contribution in [0.2, 0.25) is 10.2 Å². The number of aryl methyl sites for hydroxylation is 1. The molecule has 1 N–H and O–H groups in total. The number of hydrogen-bond donors (Lipinski definition) is 1. The van der Waals surface area contributed by atoms with E-state index in [-0.39, 0.29) is 5.91 Å². The quantitative estimate of drug-likeness (QED) is 0.632. The molecule has 0 spiro atoms. The minimum atomic E-state index is -0.234. The second kappa shape index (κ2) is 8.25. The molecule has 3 rings (SSSR count). The molecule has 2 aromatic heterocycles. The van der Waals surface area contributed by atoms with E-state index in [1.165, 1.54) is 6.08 Å². The zero-order valence-corrected chi connectivity index (χ0v) is 15.6. The van der Waals surface area contributed by atoms with Crippen molar-refractivity contribution >= 4 is 35.2 Å². The third-order valence-corrected chi connectivity index (χ3v) is 4.42. The van der Waals surface area contributed by atoms with Crippen molar-refractivity contribution in [3.8, 4) is 0 Å². The molecule has 0 fully saturated rings. The largest absolute Gasteiger partial charge is 0.467 e. The normalized spacial score (nSPS) is 11.2. The first-order valence-corrected chi connectivity index (χ1v) is 8.74. The lowest BCUT2D eigenvalue weighted by atomic mass is 10.2. The lowest BCUT2D eigenvalue weighted by molar-refractivity contribution is -0.116. The first kappa shape index (κ1) is 18.3. The predicted molar refractivity (Wildman–Crippen MR) is 102 cm³/mol. The van der Waals surface area contributed by atoms with Crippen LogP contribution in [-0.2, 0) is 17.9 Å². The van der Waals surface area contributed by atoms with Crippen LogP contribution >= 0.6 is 23.2 Å². The minimum Gasteiger partial charge on any atom is -0.467 e. The van der Waals surface area contributed by atoms with E-state index in [1.807, 2.05) is 31.2 Å². The number of rotatable bonds is 6. The molecule has 1 amide bonds. The summed E-state index contributed by atoms with van der Waals surface area (Å²) in [6.07, 6.45) is 4.67. The minimum absolute atomic E-state index is 0.234. The molecular weight excluding hydrogens is 373 g/mol. The molecule has 26 heavy (non-hydrogen) atoms. The van der Waals surface area contributed by atoms with Crippen molar-refractivity contribution in [2.45, 2.75) is 20.0 Å². The van der Waals surface area contributed by atoms with E-state index >= 15 is 0 Å². The van der Waals surface area contributed by atoms with Crippen LogP contribution in [0.1, 0.15) is 22.6 Å². The van der Waals surface area contributed by atoms with Gasteiger partial charge in [0, 0.05) is 16.7 Å². The van der Waals surface area contributed by atoms with Gasteiger partial charge in [0.05, 0.1) is 25.0 Å². The van der Waals surface area contributed by atoms with Gasteiger partial charge in [0.25, 0.3) is 0 Å². The fraction of sp³-hybridized carbons (Fsp3) is 0.158. The number of furan rings is 1. The summed E-state index contributed by atoms with van der Waals surface area (Å²) in [4.78, 5) is 11.9. The van der Waals surface area contributed by atoms with E-state index in [1.54, 1.807) is 29.2 Å². The second-order valence-corrected chi connectivity index (χ2v) is 6.50. The summed E-state index contributed by atoms with van der Waals surface area (Å²) in [7, 11) is 0. The lowest BCUT2D eigenvalue weighted by Crippen LogP contribution is -2.19. The Morgan fingerprint density at radius 2 is 2.04 bits per heavy atom. The molecule has 0 aliphatic rings. The smallest absolute Gasteiger partial charge is 0.244 e. The molecule has 2 heterocycles. The number of carbonyl (C=O) groups is 1. The first-order valence-electron chi connectivity index (χ1n) is 7.98. The fourth-order valence-electron chi connectivity index (χ4n) is 2.43. The summed E-state index contributed by atoms with van der Waals surface area (Å²) >= 11 is 12.3. The molecule has 0 radical (unpaired) electrons. The molecule has 0 unspecified atom stereocenters. The molecule has 0 bridgehead atoms. The van der Waals surface area contributed by atoms with Gasteiger partial charge in [-0.2, -0.15) is 5.10 Å². The number of hydrogen-bond acceptors (Lipinski definition) is 3. The van der Waals surface area contributed by atoms with Crippen molar-refractivity contribution in [3.63, 3.8) is 0 Å². The highest BCUT2D eigenvalue weighted by Crippen LogP contribution is 2.22. The summed E-state index contributed by atoms with van der Waals surface area (Å²) < 4.78 is 6.87. The van der Waals surface area contributed by atoms with E-state index in [2.05, 4.69) is 10.4 Å². The highest BCUT2D eigenvalue weighted by molar-refractivity contribution is 6.31. The fourth-order valence-corrected chi connectivity index (χ4v) is 2.85. The van der Waals surface area contributed by atoms with Crippen molar-refractivity contribution in [2.24, 2.45) is 0 Å². The van der Waals surface area contributed by atoms with Crippen molar-refractivity contribution in [1.82, 2.24) is 15.1 Å². The van der Waals surface area contributed by atoms with Crippen LogP contribution in [0, 0.1) is 6.92 Å². The van der Waals surface area contributed by atoms with Gasteiger partial charge in [-0.15, -0.1) is 0 Å². The number of carbonyl (C=O) groups excluding carboxylic acids is 1. The van der Waals surface area contributed by atoms with Gasteiger partial charge in [-0.3, -0.25) is 4.79 Å². The summed E-state index contributed by atoms with van der Waals surface area (Å²) in [5, 5.41) is 8.35. The summed E-state index contributed by atoms with van der Waals surface area (Å²) in [6.45, 7) is 2.71. The summed E-state index contributed by atoms with van der Waals surface area (Å²) in [6, 6.07) is 11.1. The van der Waals surface area contributed by atoms with Crippen molar-refractivity contribution in [3.05, 3.63) is 81.5 Å². The zero-order valence-electron chi connectivity index (χ0n) is 14.1. The molecule has 0 saturated heterocycles. The Morgan fingerprint density at radius 1 is 1.27 bits per heavy atom. The average molecular weight is 390 g/mol. The first-order chi connectivity index (χ1) is 12.5. The van der Waals surface area contributed by atoms with E-state index in [4.69, 9.17) is 27.6 Å². The van der Waals surface area contributed by atoms with Gasteiger partial charge in [-0.1, -0.05) is 35.3 Å². The Hall–Kier alpha value is -2.50. The third-order valence-electron chi connectivity index (χ3n) is 3.77. The van der Waals surface area contributed by atoms with Crippen LogP contribution in [-0.4, -0.2) is 15.7 Å². The monoisotopic (exact) mass is 389 g/mol. The molecule has 7 heteroatoms. The molecule has 0 aliphatic heterocycles. The maximum atomic E-state index is 11.9. The van der Waals surface area contributed by atoms with Crippen LogP contribution in [0.3, 0.4) is 0 Å². The molecule has 3 aromatic rings. The van der Waals surface area contributed by atoms with Crippen LogP contribution in [0.15, 0.2) is 53.2 Å². The van der Waals surface area contributed by atoms with Gasteiger partial charge >= 0.3 is 0 Å². The SMILES string of the molecule is Cc1nn(Cc2ccc(Cl)cc2)c(Cl)c1/C=C/C(=O)NCc1ccco1. The van der Waals surface area contributed by atoms with Gasteiger partial charge in [-0.25, -0.2) is 4.68 Å². The molecule has 134 valence electrons. The molecule has 0 aliphatic carbocycles. The zero-order chi connectivity index (χ0) is 18.5. The van der Waals surface area contributed by atoms with Gasteiger partial charge in [-0.05, 0) is 42.8 Å². The maximum Gasteiger partial charge on any atom is 0.244 e. The molecule has 0 saturated carbocycles. The van der Waals surface area contributed by atoms with E-state index in [0.717, 1.165) is 11.3 Å². The van der Waals surface area contributed by atoms with Crippen LogP contribution in [0.25, 0.3) is 6.08 Å². The van der Waals surface area contributed by atoms with Crippen LogP contribution in [0.4, 0.5) is 0 Å². The standard InChI is InChI=1S/C19H17Cl2N3O2/c1-13-17(8-9-18(25)22-11-16-3-2-10-26-16)19(21)24(23-13)12-14-4-6-15(20)7-5-14/h2-10H,11-12H2,1H3,(H,22,25)/b9-8+. The average Bonchev–Trinajstić information content (AvgIpc) is 3.23. The van der Waals surface area contributed by atoms with Crippen molar-refractivity contribution in [2.75, 3.05) is 0 Å². The number of nitrogens with one attached hydrogen (secondary N) is 1. The van der Waals surface area contributed by atoms with Gasteiger partial charge in [0.15, 0.2) is 0 Å². The number of nitrogens with zero attached hydrogens (tertiary/aromatic N) is 2. The number of aromatic nitrogens is 2. The number of amides is 1. The Morgan fingerprint density at radius 3 is 2.73 bits per heavy atom. The molecule has 1 aromatic carbocycles. The molecule has 0 atom stereocenters. The Balaban J connectivity index is 1.67. The number of halogens is 2. The lowest BCUT2D eigenvalue weighted by Gasteiger charge is -2.03. The maximum absolute atomic E-state index is 11.9.